The number of aryl methyl sites for hydroxylation is 4. The Hall–Kier alpha value is -4.19. The molecule has 0 bridgehead atoms. The molecule has 0 spiro atoms. The third-order valence-electron chi connectivity index (χ3n) is 5.35. The van der Waals surface area contributed by atoms with Crippen LogP contribution in [0.1, 0.15) is 32.9 Å². The Labute approximate surface area is 194 Å². The van der Waals surface area contributed by atoms with Crippen molar-refractivity contribution in [3.63, 3.8) is 0 Å². The van der Waals surface area contributed by atoms with Crippen molar-refractivity contribution in [3.05, 3.63) is 101 Å². The number of aromatic nitrogens is 2. The third-order valence-corrected chi connectivity index (χ3v) is 5.35. The Kier molecular flexibility index (Phi) is 6.36. The maximum absolute atomic E-state index is 12.5. The van der Waals surface area contributed by atoms with E-state index in [9.17, 15) is 4.79 Å². The van der Waals surface area contributed by atoms with Gasteiger partial charge in [-0.25, -0.2) is 9.97 Å². The number of carbonyl (C=O) groups excluding carboxylic acids is 1. The van der Waals surface area contributed by atoms with Gasteiger partial charge in [-0.15, -0.1) is 0 Å². The molecule has 0 saturated carbocycles. The molecule has 0 aliphatic carbocycles. The van der Waals surface area contributed by atoms with Gasteiger partial charge in [-0.1, -0.05) is 23.8 Å². The van der Waals surface area contributed by atoms with Crippen LogP contribution in [-0.4, -0.2) is 15.9 Å². The topological polar surface area (TPSA) is 78.9 Å². The number of hydrogen-bond acceptors (Lipinski definition) is 5. The summed E-state index contributed by atoms with van der Waals surface area (Å²) in [7, 11) is 0. The molecule has 0 atom stereocenters. The van der Waals surface area contributed by atoms with Crippen molar-refractivity contribution in [2.75, 3.05) is 16.0 Å². The molecule has 33 heavy (non-hydrogen) atoms. The zero-order valence-electron chi connectivity index (χ0n) is 19.2. The Morgan fingerprint density at radius 1 is 0.636 bits per heavy atom. The lowest BCUT2D eigenvalue weighted by atomic mass is 10.1. The van der Waals surface area contributed by atoms with Gasteiger partial charge in [-0.05, 0) is 87.4 Å². The Morgan fingerprint density at radius 3 is 1.76 bits per heavy atom. The molecule has 0 aliphatic rings. The highest BCUT2D eigenvalue weighted by atomic mass is 16.1. The monoisotopic (exact) mass is 437 g/mol. The fourth-order valence-electron chi connectivity index (χ4n) is 3.35. The molecular formula is C27H27N5O. The van der Waals surface area contributed by atoms with Crippen molar-refractivity contribution in [1.82, 2.24) is 9.97 Å². The molecule has 0 saturated heterocycles. The minimum absolute atomic E-state index is 0.128. The molecular weight excluding hydrogens is 410 g/mol. The second-order valence-electron chi connectivity index (χ2n) is 8.13. The lowest BCUT2D eigenvalue weighted by molar-refractivity contribution is 0.102. The highest BCUT2D eigenvalue weighted by Crippen LogP contribution is 2.22. The first-order chi connectivity index (χ1) is 15.9. The van der Waals surface area contributed by atoms with Crippen molar-refractivity contribution >= 4 is 34.6 Å². The van der Waals surface area contributed by atoms with Gasteiger partial charge >= 0.3 is 0 Å². The van der Waals surface area contributed by atoms with E-state index in [1.165, 1.54) is 11.1 Å². The van der Waals surface area contributed by atoms with E-state index in [2.05, 4.69) is 45.0 Å². The molecule has 0 aliphatic heterocycles. The van der Waals surface area contributed by atoms with Gasteiger partial charge in [0.25, 0.3) is 5.91 Å². The number of amides is 1. The molecule has 0 fully saturated rings. The summed E-state index contributed by atoms with van der Waals surface area (Å²) in [5, 5.41) is 9.56. The summed E-state index contributed by atoms with van der Waals surface area (Å²) < 4.78 is 0. The van der Waals surface area contributed by atoms with Crippen molar-refractivity contribution in [2.45, 2.75) is 27.7 Å². The van der Waals surface area contributed by atoms with Gasteiger partial charge in [0.05, 0.1) is 0 Å². The van der Waals surface area contributed by atoms with E-state index in [0.29, 0.717) is 23.0 Å². The molecule has 1 heterocycles. The molecule has 3 N–H and O–H groups in total. The molecule has 166 valence electrons. The first-order valence-corrected chi connectivity index (χ1v) is 10.8. The average Bonchev–Trinajstić information content (AvgIpc) is 2.78. The lowest BCUT2D eigenvalue weighted by Gasteiger charge is -2.11. The minimum atomic E-state index is -0.128. The van der Waals surface area contributed by atoms with Crippen LogP contribution in [0.25, 0.3) is 0 Å². The number of carbonyl (C=O) groups is 1. The van der Waals surface area contributed by atoms with Crippen LogP contribution < -0.4 is 16.0 Å². The Bertz CT molecular complexity index is 1280. The lowest BCUT2D eigenvalue weighted by Crippen LogP contribution is -2.12. The summed E-state index contributed by atoms with van der Waals surface area (Å²) in [6, 6.07) is 23.2. The van der Waals surface area contributed by atoms with E-state index < -0.39 is 0 Å². The molecule has 4 aromatic rings. The van der Waals surface area contributed by atoms with E-state index in [4.69, 9.17) is 0 Å². The van der Waals surface area contributed by atoms with Crippen molar-refractivity contribution in [1.29, 1.82) is 0 Å². The highest BCUT2D eigenvalue weighted by molar-refractivity contribution is 6.04. The zero-order valence-corrected chi connectivity index (χ0v) is 19.2. The van der Waals surface area contributed by atoms with Crippen LogP contribution in [-0.2, 0) is 0 Å². The summed E-state index contributed by atoms with van der Waals surface area (Å²) in [4.78, 5) is 21.5. The van der Waals surface area contributed by atoms with E-state index in [1.54, 1.807) is 0 Å². The number of rotatable bonds is 6. The Morgan fingerprint density at radius 2 is 1.18 bits per heavy atom. The van der Waals surface area contributed by atoms with Gasteiger partial charge in [-0.3, -0.25) is 4.79 Å². The van der Waals surface area contributed by atoms with Gasteiger partial charge in [0, 0.05) is 28.7 Å². The predicted octanol–water partition coefficient (Wildman–Crippen LogP) is 6.45. The van der Waals surface area contributed by atoms with E-state index in [0.717, 1.165) is 22.6 Å². The van der Waals surface area contributed by atoms with Crippen molar-refractivity contribution in [2.24, 2.45) is 0 Å². The maximum Gasteiger partial charge on any atom is 0.255 e. The second-order valence-corrected chi connectivity index (χ2v) is 8.13. The summed E-state index contributed by atoms with van der Waals surface area (Å²) in [5.41, 5.74) is 6.66. The van der Waals surface area contributed by atoms with E-state index in [1.807, 2.05) is 81.4 Å². The molecule has 3 aromatic carbocycles. The number of nitrogens with one attached hydrogen (secondary N) is 3. The second kappa shape index (κ2) is 9.53. The van der Waals surface area contributed by atoms with Gasteiger partial charge in [0.1, 0.15) is 17.5 Å². The summed E-state index contributed by atoms with van der Waals surface area (Å²) in [6.45, 7) is 7.95. The first kappa shape index (κ1) is 22.0. The number of anilines is 5. The molecule has 0 radical (unpaired) electrons. The largest absolute Gasteiger partial charge is 0.340 e. The molecule has 4 rings (SSSR count). The maximum atomic E-state index is 12.5. The van der Waals surface area contributed by atoms with Crippen LogP contribution in [0.15, 0.2) is 72.8 Å². The van der Waals surface area contributed by atoms with Crippen LogP contribution in [0.3, 0.4) is 0 Å². The molecule has 6 heteroatoms. The average molecular weight is 438 g/mol. The smallest absolute Gasteiger partial charge is 0.255 e. The van der Waals surface area contributed by atoms with Gasteiger partial charge in [-0.2, -0.15) is 0 Å². The fraction of sp³-hybridized carbons (Fsp3) is 0.148. The van der Waals surface area contributed by atoms with Gasteiger partial charge in [0.15, 0.2) is 0 Å². The normalized spacial score (nSPS) is 10.5. The summed E-state index contributed by atoms with van der Waals surface area (Å²) >= 11 is 0. The van der Waals surface area contributed by atoms with Crippen molar-refractivity contribution < 1.29 is 4.79 Å². The van der Waals surface area contributed by atoms with E-state index >= 15 is 0 Å². The quantitative estimate of drug-likeness (QED) is 0.323. The van der Waals surface area contributed by atoms with Crippen molar-refractivity contribution in [3.8, 4) is 0 Å². The standard InChI is InChI=1S/C27H27N5O/c1-17-5-9-22(10-6-17)30-25-16-26(29-20(4)28-25)31-23-11-13-24(14-12-23)32-27(33)21-8-7-18(2)19(3)15-21/h5-16H,1-4H3,(H,32,33)(H2,28,29,30,31). The van der Waals surface area contributed by atoms with E-state index in [-0.39, 0.29) is 5.91 Å². The molecule has 1 amide bonds. The third kappa shape index (κ3) is 5.74. The Balaban J connectivity index is 1.43. The van der Waals surface area contributed by atoms with Crippen LogP contribution in [0.2, 0.25) is 0 Å². The fourth-order valence-corrected chi connectivity index (χ4v) is 3.35. The number of benzene rings is 3. The van der Waals surface area contributed by atoms with Crippen LogP contribution in [0.5, 0.6) is 0 Å². The SMILES string of the molecule is Cc1ccc(Nc2cc(Nc3ccc(NC(=O)c4ccc(C)c(C)c4)cc3)nc(C)n2)cc1. The summed E-state index contributed by atoms with van der Waals surface area (Å²) in [5.74, 6) is 1.93. The van der Waals surface area contributed by atoms with Crippen LogP contribution in [0.4, 0.5) is 28.7 Å². The van der Waals surface area contributed by atoms with Crippen LogP contribution in [0, 0.1) is 27.7 Å². The predicted molar refractivity (Wildman–Crippen MR) is 135 cm³/mol. The number of nitrogens with zero attached hydrogens (tertiary/aromatic N) is 2. The number of hydrogen-bond donors (Lipinski definition) is 3. The molecule has 6 nitrogen and oxygen atoms in total. The van der Waals surface area contributed by atoms with Crippen LogP contribution >= 0.6 is 0 Å². The first-order valence-electron chi connectivity index (χ1n) is 10.8. The van der Waals surface area contributed by atoms with Gasteiger partial charge < -0.3 is 16.0 Å². The zero-order chi connectivity index (χ0) is 23.4. The van der Waals surface area contributed by atoms with Gasteiger partial charge in [0.2, 0.25) is 0 Å². The minimum Gasteiger partial charge on any atom is -0.340 e. The molecule has 1 aromatic heterocycles. The summed E-state index contributed by atoms with van der Waals surface area (Å²) in [6.07, 6.45) is 0. The highest BCUT2D eigenvalue weighted by Gasteiger charge is 2.08. The molecule has 0 unspecified atom stereocenters.